The molecule has 5 rings (SSSR count). The van der Waals surface area contributed by atoms with Crippen molar-refractivity contribution in [3.05, 3.63) is 96.1 Å². The zero-order chi connectivity index (χ0) is 22.3. The van der Waals surface area contributed by atoms with Gasteiger partial charge in [0.15, 0.2) is 0 Å². The lowest BCUT2D eigenvalue weighted by Crippen LogP contribution is -2.26. The maximum atomic E-state index is 12.7. The lowest BCUT2D eigenvalue weighted by molar-refractivity contribution is 0.375. The molecular weight excluding hydrogens is 424 g/mol. The second-order valence-corrected chi connectivity index (χ2v) is 9.70. The zero-order valence-corrected chi connectivity index (χ0v) is 18.5. The quantitative estimate of drug-likeness (QED) is 0.450. The van der Waals surface area contributed by atoms with E-state index in [0.717, 1.165) is 28.1 Å². The third-order valence-electron chi connectivity index (χ3n) is 5.47. The molecule has 0 saturated heterocycles. The van der Waals surface area contributed by atoms with Crippen LogP contribution in [0, 0.1) is 6.92 Å². The van der Waals surface area contributed by atoms with Crippen LogP contribution >= 0.6 is 0 Å². The highest BCUT2D eigenvalue weighted by Gasteiger charge is 2.38. The minimum absolute atomic E-state index is 0.389. The predicted molar refractivity (Wildman–Crippen MR) is 123 cm³/mol. The maximum absolute atomic E-state index is 12.7. The highest BCUT2D eigenvalue weighted by atomic mass is 32.2. The highest BCUT2D eigenvalue weighted by Crippen LogP contribution is 2.39. The first-order valence-electron chi connectivity index (χ1n) is 10.2. The fourth-order valence-corrected chi connectivity index (χ4v) is 4.79. The van der Waals surface area contributed by atoms with Gasteiger partial charge in [0.25, 0.3) is 0 Å². The molecule has 0 saturated carbocycles. The molecule has 0 spiro atoms. The molecule has 0 radical (unpaired) electrons. The lowest BCUT2D eigenvalue weighted by atomic mass is 9.98. The second kappa shape index (κ2) is 7.80. The van der Waals surface area contributed by atoms with Gasteiger partial charge in [-0.15, -0.1) is 0 Å². The van der Waals surface area contributed by atoms with Gasteiger partial charge in [-0.25, -0.2) is 13.1 Å². The number of sulfonamides is 1. The molecule has 1 aliphatic rings. The van der Waals surface area contributed by atoms with Crippen LogP contribution in [-0.4, -0.2) is 34.6 Å². The topological polar surface area (TPSA) is 80.7 Å². The van der Waals surface area contributed by atoms with E-state index >= 15 is 0 Å². The molecule has 4 aromatic rings. The number of hydrogen-bond donors (Lipinski definition) is 0. The molecule has 0 bridgehead atoms. The van der Waals surface area contributed by atoms with E-state index in [0.29, 0.717) is 17.9 Å². The van der Waals surface area contributed by atoms with Crippen LogP contribution in [0.5, 0.6) is 0 Å². The lowest BCUT2D eigenvalue weighted by Gasteiger charge is -2.21. The van der Waals surface area contributed by atoms with Crippen molar-refractivity contribution >= 4 is 15.7 Å². The SMILES string of the molecule is Cc1ccc(-c2nn(-c3ccccc3)cc2[C@H]2CC(c3ccco3)=NN2S(C)(=O)=O)cc1. The smallest absolute Gasteiger partial charge is 0.247 e. The molecule has 1 atom stereocenters. The maximum Gasteiger partial charge on any atom is 0.247 e. The summed E-state index contributed by atoms with van der Waals surface area (Å²) in [6.07, 6.45) is 5.01. The van der Waals surface area contributed by atoms with Crippen LogP contribution in [0.25, 0.3) is 16.9 Å². The van der Waals surface area contributed by atoms with Crippen LogP contribution in [0.15, 0.2) is 88.7 Å². The monoisotopic (exact) mass is 446 g/mol. The summed E-state index contributed by atoms with van der Waals surface area (Å²) in [6, 6.07) is 20.8. The van der Waals surface area contributed by atoms with Crippen molar-refractivity contribution in [1.82, 2.24) is 14.2 Å². The molecule has 0 amide bonds. The number of benzene rings is 2. The number of furan rings is 1. The van der Waals surface area contributed by atoms with E-state index in [2.05, 4.69) is 5.10 Å². The average Bonchev–Trinajstić information content (AvgIpc) is 3.52. The molecule has 8 heteroatoms. The van der Waals surface area contributed by atoms with Crippen LogP contribution in [0.3, 0.4) is 0 Å². The Morgan fingerprint density at radius 1 is 1.00 bits per heavy atom. The number of nitrogens with zero attached hydrogens (tertiary/aromatic N) is 4. The van der Waals surface area contributed by atoms with Gasteiger partial charge in [-0.3, -0.25) is 0 Å². The number of para-hydroxylation sites is 1. The molecule has 0 fully saturated rings. The zero-order valence-electron chi connectivity index (χ0n) is 17.7. The van der Waals surface area contributed by atoms with Crippen molar-refractivity contribution < 1.29 is 12.8 Å². The molecule has 3 heterocycles. The number of hydrogen-bond acceptors (Lipinski definition) is 5. The van der Waals surface area contributed by atoms with Crippen molar-refractivity contribution in [3.63, 3.8) is 0 Å². The summed E-state index contributed by atoms with van der Waals surface area (Å²) in [5, 5.41) is 9.27. The standard InChI is InChI=1S/C24H22N4O3S/c1-17-10-12-18(13-11-17)24-20(16-27(26-24)19-7-4-3-5-8-19)22-15-21(23-9-6-14-31-23)25-28(22)32(2,29)30/h3-14,16,22H,15H2,1-2H3/t22-/m1/s1. The van der Waals surface area contributed by atoms with Gasteiger partial charge in [-0.05, 0) is 31.2 Å². The van der Waals surface area contributed by atoms with E-state index in [1.807, 2.05) is 67.7 Å². The van der Waals surface area contributed by atoms with E-state index < -0.39 is 16.1 Å². The minimum Gasteiger partial charge on any atom is -0.463 e. The van der Waals surface area contributed by atoms with E-state index in [-0.39, 0.29) is 0 Å². The molecule has 0 N–H and O–H groups in total. The fourth-order valence-electron chi connectivity index (χ4n) is 3.90. The van der Waals surface area contributed by atoms with E-state index in [9.17, 15) is 8.42 Å². The van der Waals surface area contributed by atoms with Crippen molar-refractivity contribution in [1.29, 1.82) is 0 Å². The molecule has 2 aromatic carbocycles. The van der Waals surface area contributed by atoms with Gasteiger partial charge in [-0.1, -0.05) is 48.0 Å². The van der Waals surface area contributed by atoms with Crippen molar-refractivity contribution in [2.24, 2.45) is 5.10 Å². The molecule has 7 nitrogen and oxygen atoms in total. The summed E-state index contributed by atoms with van der Waals surface area (Å²) < 4.78 is 33.8. The Morgan fingerprint density at radius 2 is 1.75 bits per heavy atom. The second-order valence-electron chi connectivity index (χ2n) is 7.86. The minimum atomic E-state index is -3.62. The van der Waals surface area contributed by atoms with Crippen LogP contribution in [0.2, 0.25) is 0 Å². The number of hydrazone groups is 1. The molecule has 32 heavy (non-hydrogen) atoms. The third-order valence-corrected chi connectivity index (χ3v) is 6.48. The normalized spacial score (nSPS) is 16.4. The van der Waals surface area contributed by atoms with Crippen LogP contribution in [0.4, 0.5) is 0 Å². The van der Waals surface area contributed by atoms with Gasteiger partial charge in [0.1, 0.15) is 11.5 Å². The molecule has 1 aliphatic heterocycles. The van der Waals surface area contributed by atoms with Crippen molar-refractivity contribution in [2.75, 3.05) is 6.26 Å². The number of aryl methyl sites for hydroxylation is 1. The summed E-state index contributed by atoms with van der Waals surface area (Å²) in [5.74, 6) is 0.563. The Labute approximate surface area is 186 Å². The Morgan fingerprint density at radius 3 is 2.41 bits per heavy atom. The largest absolute Gasteiger partial charge is 0.463 e. The van der Waals surface area contributed by atoms with Gasteiger partial charge < -0.3 is 4.42 Å². The van der Waals surface area contributed by atoms with Gasteiger partial charge in [-0.2, -0.15) is 14.6 Å². The summed E-state index contributed by atoms with van der Waals surface area (Å²) in [5.41, 5.74) is 5.05. The van der Waals surface area contributed by atoms with Gasteiger partial charge >= 0.3 is 0 Å². The summed E-state index contributed by atoms with van der Waals surface area (Å²) >= 11 is 0. The van der Waals surface area contributed by atoms with E-state index in [1.54, 1.807) is 23.1 Å². The summed E-state index contributed by atoms with van der Waals surface area (Å²) in [7, 11) is -3.62. The Balaban J connectivity index is 1.66. The average molecular weight is 447 g/mol. The molecule has 0 unspecified atom stereocenters. The van der Waals surface area contributed by atoms with E-state index in [1.165, 1.54) is 10.7 Å². The Bertz CT molecular complexity index is 1370. The van der Waals surface area contributed by atoms with E-state index in [4.69, 9.17) is 9.52 Å². The molecule has 2 aromatic heterocycles. The Hall–Kier alpha value is -3.65. The first-order valence-corrected chi connectivity index (χ1v) is 12.1. The number of aromatic nitrogens is 2. The van der Waals surface area contributed by atoms with Gasteiger partial charge in [0.05, 0.1) is 29.9 Å². The van der Waals surface area contributed by atoms with Gasteiger partial charge in [0, 0.05) is 23.7 Å². The number of rotatable bonds is 5. The van der Waals surface area contributed by atoms with Crippen LogP contribution in [-0.2, 0) is 10.0 Å². The highest BCUT2D eigenvalue weighted by molar-refractivity contribution is 7.88. The third kappa shape index (κ3) is 3.73. The fraction of sp³-hybridized carbons (Fsp3) is 0.167. The first kappa shape index (κ1) is 20.3. The van der Waals surface area contributed by atoms with Crippen molar-refractivity contribution in [2.45, 2.75) is 19.4 Å². The predicted octanol–water partition coefficient (Wildman–Crippen LogP) is 4.55. The first-order chi connectivity index (χ1) is 15.4. The summed E-state index contributed by atoms with van der Waals surface area (Å²) in [4.78, 5) is 0. The molecule has 0 aliphatic carbocycles. The van der Waals surface area contributed by atoms with Crippen LogP contribution in [0.1, 0.15) is 29.3 Å². The summed E-state index contributed by atoms with van der Waals surface area (Å²) in [6.45, 7) is 2.03. The molecular formula is C24H22N4O3S. The molecule has 162 valence electrons. The Kier molecular flexibility index (Phi) is 4.94. The van der Waals surface area contributed by atoms with Crippen LogP contribution < -0.4 is 0 Å². The van der Waals surface area contributed by atoms with Gasteiger partial charge in [0.2, 0.25) is 10.0 Å². The van der Waals surface area contributed by atoms with Crippen molar-refractivity contribution in [3.8, 4) is 16.9 Å².